The number of fused-ring (bicyclic) bond motifs is 2. The summed E-state index contributed by atoms with van der Waals surface area (Å²) in [6, 6.07) is 15.4. The molecule has 3 aromatic rings. The summed E-state index contributed by atoms with van der Waals surface area (Å²) >= 11 is 0. The van der Waals surface area contributed by atoms with Crippen LogP contribution in [-0.4, -0.2) is 47.9 Å². The molecule has 2 aliphatic rings. The summed E-state index contributed by atoms with van der Waals surface area (Å²) in [4.78, 5) is 20.1. The summed E-state index contributed by atoms with van der Waals surface area (Å²) in [6.07, 6.45) is 0.0354. The molecule has 0 N–H and O–H groups in total. The van der Waals surface area contributed by atoms with Gasteiger partial charge < -0.3 is 19.1 Å². The lowest BCUT2D eigenvalue weighted by Crippen LogP contribution is -2.48. The zero-order chi connectivity index (χ0) is 20.0. The minimum atomic E-state index is 0.00703. The Bertz CT molecular complexity index is 1090. The molecule has 1 amide bonds. The van der Waals surface area contributed by atoms with Gasteiger partial charge in [-0.05, 0) is 44.2 Å². The first-order valence-corrected chi connectivity index (χ1v) is 9.83. The molecule has 6 heteroatoms. The van der Waals surface area contributed by atoms with Gasteiger partial charge in [-0.25, -0.2) is 4.98 Å². The first kappa shape index (κ1) is 17.9. The molecule has 0 saturated carbocycles. The van der Waals surface area contributed by atoms with E-state index in [1.54, 1.807) is 0 Å². The Morgan fingerprint density at radius 2 is 1.76 bits per heavy atom. The molecular weight excluding hydrogens is 368 g/mol. The average Bonchev–Trinajstić information content (AvgIpc) is 3.19. The van der Waals surface area contributed by atoms with Crippen LogP contribution in [0.1, 0.15) is 24.2 Å². The maximum absolute atomic E-state index is 13.5. The lowest BCUT2D eigenvalue weighted by atomic mass is 10.0. The average molecular weight is 390 g/mol. The standard InChI is InChI=1S/C23H22N2O4/c1-14-11-25(12-15(2)29-14)23(26)18-10-20(24-19-6-4-3-5-17(18)19)16-7-8-21-22(9-16)28-13-27-21/h3-10,14-15H,11-13H2,1-2H3/t14-,15-/m1/s1. The van der Waals surface area contributed by atoms with Crippen LogP contribution in [0.3, 0.4) is 0 Å². The second-order valence-electron chi connectivity index (χ2n) is 7.61. The second kappa shape index (κ2) is 7.04. The Kier molecular flexibility index (Phi) is 4.36. The Hall–Kier alpha value is -3.12. The zero-order valence-electron chi connectivity index (χ0n) is 16.4. The van der Waals surface area contributed by atoms with Crippen molar-refractivity contribution >= 4 is 16.8 Å². The fourth-order valence-electron chi connectivity index (χ4n) is 4.07. The van der Waals surface area contributed by atoms with Gasteiger partial charge in [0.2, 0.25) is 6.79 Å². The van der Waals surface area contributed by atoms with Crippen molar-refractivity contribution in [3.63, 3.8) is 0 Å². The molecule has 2 atom stereocenters. The van der Waals surface area contributed by atoms with Crippen molar-refractivity contribution in [1.82, 2.24) is 9.88 Å². The number of para-hydroxylation sites is 1. The van der Waals surface area contributed by atoms with Crippen molar-refractivity contribution in [2.24, 2.45) is 0 Å². The normalized spacial score (nSPS) is 20.8. The van der Waals surface area contributed by atoms with E-state index in [2.05, 4.69) is 0 Å². The monoisotopic (exact) mass is 390 g/mol. The molecule has 2 aromatic carbocycles. The number of hydrogen-bond acceptors (Lipinski definition) is 5. The van der Waals surface area contributed by atoms with Crippen LogP contribution in [0, 0.1) is 0 Å². The Morgan fingerprint density at radius 3 is 2.59 bits per heavy atom. The summed E-state index contributed by atoms with van der Waals surface area (Å²) in [7, 11) is 0. The molecule has 1 saturated heterocycles. The van der Waals surface area contributed by atoms with E-state index >= 15 is 0 Å². The molecule has 6 nitrogen and oxygen atoms in total. The van der Waals surface area contributed by atoms with Gasteiger partial charge in [0.25, 0.3) is 5.91 Å². The summed E-state index contributed by atoms with van der Waals surface area (Å²) in [5.74, 6) is 1.43. The van der Waals surface area contributed by atoms with Crippen LogP contribution >= 0.6 is 0 Å². The van der Waals surface area contributed by atoms with Crippen molar-refractivity contribution in [2.45, 2.75) is 26.1 Å². The van der Waals surface area contributed by atoms with E-state index in [1.165, 1.54) is 0 Å². The number of aromatic nitrogens is 1. The van der Waals surface area contributed by atoms with Gasteiger partial charge in [0, 0.05) is 24.0 Å². The van der Waals surface area contributed by atoms with Gasteiger partial charge in [-0.3, -0.25) is 4.79 Å². The van der Waals surface area contributed by atoms with E-state index in [0.717, 1.165) is 27.9 Å². The number of morpholine rings is 1. The highest BCUT2D eigenvalue weighted by atomic mass is 16.7. The predicted molar refractivity (Wildman–Crippen MR) is 109 cm³/mol. The van der Waals surface area contributed by atoms with Gasteiger partial charge in [0.1, 0.15) is 0 Å². The highest BCUT2D eigenvalue weighted by Gasteiger charge is 2.28. The van der Waals surface area contributed by atoms with Gasteiger partial charge >= 0.3 is 0 Å². The molecule has 0 aliphatic carbocycles. The van der Waals surface area contributed by atoms with Crippen LogP contribution in [0.2, 0.25) is 0 Å². The van der Waals surface area contributed by atoms with Crippen LogP contribution in [0.5, 0.6) is 11.5 Å². The SMILES string of the molecule is C[C@@H]1CN(C(=O)c2cc(-c3ccc4c(c3)OCO4)nc3ccccc23)C[C@@H](C)O1. The third-order valence-electron chi connectivity index (χ3n) is 5.32. The number of benzene rings is 2. The predicted octanol–water partition coefficient (Wildman–Crippen LogP) is 3.88. The lowest BCUT2D eigenvalue weighted by Gasteiger charge is -2.35. The third kappa shape index (κ3) is 3.29. The first-order chi connectivity index (χ1) is 14.1. The van der Waals surface area contributed by atoms with E-state index in [0.29, 0.717) is 24.4 Å². The highest BCUT2D eigenvalue weighted by Crippen LogP contribution is 2.36. The molecule has 5 rings (SSSR count). The number of carbonyl (C=O) groups is 1. The van der Waals surface area contributed by atoms with Crippen LogP contribution < -0.4 is 9.47 Å². The topological polar surface area (TPSA) is 60.9 Å². The number of pyridine rings is 1. The van der Waals surface area contributed by atoms with E-state index in [1.807, 2.05) is 67.3 Å². The van der Waals surface area contributed by atoms with Gasteiger partial charge in [0.05, 0.1) is 29.0 Å². The van der Waals surface area contributed by atoms with Crippen molar-refractivity contribution in [1.29, 1.82) is 0 Å². The molecule has 29 heavy (non-hydrogen) atoms. The molecular formula is C23H22N2O4. The number of hydrogen-bond donors (Lipinski definition) is 0. The van der Waals surface area contributed by atoms with Gasteiger partial charge in [-0.2, -0.15) is 0 Å². The van der Waals surface area contributed by atoms with E-state index in [9.17, 15) is 4.79 Å². The van der Waals surface area contributed by atoms with Crippen LogP contribution in [0.25, 0.3) is 22.2 Å². The van der Waals surface area contributed by atoms with E-state index < -0.39 is 0 Å². The van der Waals surface area contributed by atoms with E-state index in [-0.39, 0.29) is 24.9 Å². The summed E-state index contributed by atoms with van der Waals surface area (Å²) < 4.78 is 16.7. The van der Waals surface area contributed by atoms with E-state index in [4.69, 9.17) is 19.2 Å². The Morgan fingerprint density at radius 1 is 1.00 bits per heavy atom. The summed E-state index contributed by atoms with van der Waals surface area (Å²) in [5.41, 5.74) is 3.07. The smallest absolute Gasteiger partial charge is 0.254 e. The van der Waals surface area contributed by atoms with Crippen LogP contribution in [0.4, 0.5) is 0 Å². The van der Waals surface area contributed by atoms with Crippen molar-refractivity contribution in [3.8, 4) is 22.8 Å². The molecule has 0 spiro atoms. The fraction of sp³-hybridized carbons (Fsp3) is 0.304. The second-order valence-corrected chi connectivity index (χ2v) is 7.61. The molecule has 1 aromatic heterocycles. The number of amides is 1. The largest absolute Gasteiger partial charge is 0.454 e. The van der Waals surface area contributed by atoms with Crippen LogP contribution in [0.15, 0.2) is 48.5 Å². The van der Waals surface area contributed by atoms with Crippen molar-refractivity contribution in [2.75, 3.05) is 19.9 Å². The van der Waals surface area contributed by atoms with Gasteiger partial charge in [0.15, 0.2) is 11.5 Å². The van der Waals surface area contributed by atoms with Crippen molar-refractivity contribution in [3.05, 3.63) is 54.1 Å². The lowest BCUT2D eigenvalue weighted by molar-refractivity contribution is -0.0585. The quantitative estimate of drug-likeness (QED) is 0.665. The van der Waals surface area contributed by atoms with Gasteiger partial charge in [-0.15, -0.1) is 0 Å². The number of nitrogens with zero attached hydrogens (tertiary/aromatic N) is 2. The molecule has 1 fully saturated rings. The minimum Gasteiger partial charge on any atom is -0.454 e. The molecule has 0 bridgehead atoms. The minimum absolute atomic E-state index is 0.00703. The molecule has 0 radical (unpaired) electrons. The number of carbonyl (C=O) groups excluding carboxylic acids is 1. The summed E-state index contributed by atoms with van der Waals surface area (Å²) in [6.45, 7) is 5.39. The van der Waals surface area contributed by atoms with Crippen LogP contribution in [-0.2, 0) is 4.74 Å². The Labute approximate surface area is 169 Å². The molecule has 3 heterocycles. The molecule has 0 unspecified atom stereocenters. The van der Waals surface area contributed by atoms with Crippen molar-refractivity contribution < 1.29 is 19.0 Å². The van der Waals surface area contributed by atoms with Gasteiger partial charge in [-0.1, -0.05) is 18.2 Å². The third-order valence-corrected chi connectivity index (χ3v) is 5.32. The fourth-order valence-corrected chi connectivity index (χ4v) is 4.07. The summed E-state index contributed by atoms with van der Waals surface area (Å²) in [5, 5.41) is 0.855. The number of rotatable bonds is 2. The zero-order valence-corrected chi connectivity index (χ0v) is 16.4. The maximum atomic E-state index is 13.5. The molecule has 148 valence electrons. The highest BCUT2D eigenvalue weighted by molar-refractivity contribution is 6.07. The maximum Gasteiger partial charge on any atom is 0.254 e. The molecule has 2 aliphatic heterocycles. The Balaban J connectivity index is 1.60. The number of ether oxygens (including phenoxy) is 3. The first-order valence-electron chi connectivity index (χ1n) is 9.83.